The second kappa shape index (κ2) is 8.17. The van der Waals surface area contributed by atoms with Gasteiger partial charge in [0.05, 0.1) is 14.2 Å². The Balaban J connectivity index is 2.06. The number of nitrogens with zero attached hydrogens (tertiary/aromatic N) is 1. The lowest BCUT2D eigenvalue weighted by Crippen LogP contribution is -2.30. The van der Waals surface area contributed by atoms with Gasteiger partial charge in [0.1, 0.15) is 11.5 Å². The maximum atomic E-state index is 5.46. The van der Waals surface area contributed by atoms with E-state index in [1.54, 1.807) is 14.2 Å². The first-order valence-electron chi connectivity index (χ1n) is 7.02. The van der Waals surface area contributed by atoms with Crippen LogP contribution in [-0.4, -0.2) is 31.3 Å². The van der Waals surface area contributed by atoms with Crippen molar-refractivity contribution in [1.82, 2.24) is 4.90 Å². The van der Waals surface area contributed by atoms with Crippen LogP contribution in [-0.2, 0) is 6.54 Å². The Hall–Kier alpha value is -1.79. The molecule has 0 atom stereocenters. The van der Waals surface area contributed by atoms with Crippen LogP contribution in [0.15, 0.2) is 46.9 Å². The second-order valence-electron chi connectivity index (χ2n) is 4.97. The number of ether oxygens (including phenoxy) is 2. The molecule has 0 spiro atoms. The average Bonchev–Trinajstić information content (AvgIpc) is 2.55. The van der Waals surface area contributed by atoms with E-state index in [-0.39, 0.29) is 0 Å². The number of benzene rings is 2. The topological polar surface area (TPSA) is 33.7 Å². The molecule has 0 radical (unpaired) electrons. The van der Waals surface area contributed by atoms with Gasteiger partial charge in [-0.15, -0.1) is 0 Å². The highest BCUT2D eigenvalue weighted by molar-refractivity contribution is 9.10. The van der Waals surface area contributed by atoms with Crippen molar-refractivity contribution in [3.63, 3.8) is 0 Å². The van der Waals surface area contributed by atoms with Gasteiger partial charge in [0.25, 0.3) is 0 Å². The van der Waals surface area contributed by atoms with Crippen molar-refractivity contribution in [3.05, 3.63) is 52.5 Å². The Morgan fingerprint density at radius 3 is 2.61 bits per heavy atom. The van der Waals surface area contributed by atoms with Crippen molar-refractivity contribution in [2.45, 2.75) is 6.54 Å². The molecule has 0 saturated carbocycles. The molecule has 0 fully saturated rings. The minimum Gasteiger partial charge on any atom is -0.497 e. The van der Waals surface area contributed by atoms with Gasteiger partial charge in [-0.05, 0) is 42.5 Å². The van der Waals surface area contributed by atoms with Gasteiger partial charge in [-0.2, -0.15) is 0 Å². The van der Waals surface area contributed by atoms with Gasteiger partial charge < -0.3 is 19.7 Å². The van der Waals surface area contributed by atoms with E-state index >= 15 is 0 Å². The van der Waals surface area contributed by atoms with Gasteiger partial charge in [0.15, 0.2) is 5.11 Å². The summed E-state index contributed by atoms with van der Waals surface area (Å²) in [5.41, 5.74) is 1.98. The smallest absolute Gasteiger partial charge is 0.173 e. The van der Waals surface area contributed by atoms with Crippen molar-refractivity contribution in [3.8, 4) is 11.5 Å². The van der Waals surface area contributed by atoms with Crippen molar-refractivity contribution >= 4 is 38.9 Å². The normalized spacial score (nSPS) is 10.1. The summed E-state index contributed by atoms with van der Waals surface area (Å²) in [6, 6.07) is 13.6. The fraction of sp³-hybridized carbons (Fsp3) is 0.235. The highest BCUT2D eigenvalue weighted by Gasteiger charge is 2.10. The zero-order valence-electron chi connectivity index (χ0n) is 13.3. The molecule has 122 valence electrons. The lowest BCUT2D eigenvalue weighted by Gasteiger charge is -2.22. The Morgan fingerprint density at radius 1 is 1.17 bits per heavy atom. The number of hydrogen-bond acceptors (Lipinski definition) is 3. The monoisotopic (exact) mass is 394 g/mol. The Bertz CT molecular complexity index is 694. The summed E-state index contributed by atoms with van der Waals surface area (Å²) in [5.74, 6) is 1.55. The zero-order valence-corrected chi connectivity index (χ0v) is 15.7. The van der Waals surface area contributed by atoms with Gasteiger partial charge in [0.2, 0.25) is 0 Å². The van der Waals surface area contributed by atoms with E-state index in [9.17, 15) is 0 Å². The molecule has 0 aliphatic rings. The molecule has 6 heteroatoms. The fourth-order valence-corrected chi connectivity index (χ4v) is 2.68. The number of halogens is 1. The Kier molecular flexibility index (Phi) is 6.24. The summed E-state index contributed by atoms with van der Waals surface area (Å²) in [6.45, 7) is 0.632. The number of hydrogen-bond donors (Lipinski definition) is 1. The van der Waals surface area contributed by atoms with E-state index in [1.807, 2.05) is 54.4 Å². The van der Waals surface area contributed by atoms with E-state index in [1.165, 1.54) is 0 Å². The van der Waals surface area contributed by atoms with E-state index < -0.39 is 0 Å². The second-order valence-corrected chi connectivity index (χ2v) is 6.28. The standard InChI is InChI=1S/C17H19BrN2O2S/c1-20(17(23)19-14-6-4-5-13(18)9-14)11-12-7-8-15(21-2)10-16(12)22-3/h4-10H,11H2,1-3H3,(H,19,23). The first-order valence-corrected chi connectivity index (χ1v) is 8.22. The van der Waals surface area contributed by atoms with Gasteiger partial charge >= 0.3 is 0 Å². The van der Waals surface area contributed by atoms with Crippen LogP contribution in [0.5, 0.6) is 11.5 Å². The van der Waals surface area contributed by atoms with Gasteiger partial charge in [-0.3, -0.25) is 0 Å². The van der Waals surface area contributed by atoms with Crippen LogP contribution in [0.2, 0.25) is 0 Å². The van der Waals surface area contributed by atoms with E-state index in [0.29, 0.717) is 11.7 Å². The molecule has 0 heterocycles. The number of rotatable bonds is 5. The summed E-state index contributed by atoms with van der Waals surface area (Å²) in [6.07, 6.45) is 0. The highest BCUT2D eigenvalue weighted by atomic mass is 79.9. The molecule has 0 aliphatic heterocycles. The summed E-state index contributed by atoms with van der Waals surface area (Å²) < 4.78 is 11.6. The van der Waals surface area contributed by atoms with Crippen LogP contribution >= 0.6 is 28.1 Å². The SMILES string of the molecule is COc1ccc(CN(C)C(=S)Nc2cccc(Br)c2)c(OC)c1. The first kappa shape index (κ1) is 17.6. The molecule has 23 heavy (non-hydrogen) atoms. The summed E-state index contributed by atoms with van der Waals surface area (Å²) >= 11 is 8.91. The number of nitrogens with one attached hydrogen (secondary N) is 1. The predicted molar refractivity (Wildman–Crippen MR) is 101 cm³/mol. The number of methoxy groups -OCH3 is 2. The number of anilines is 1. The molecule has 0 unspecified atom stereocenters. The number of thiocarbonyl (C=S) groups is 1. The van der Waals surface area contributed by atoms with Gasteiger partial charge in [-0.1, -0.05) is 22.0 Å². The molecule has 1 N–H and O–H groups in total. The largest absolute Gasteiger partial charge is 0.497 e. The maximum absolute atomic E-state index is 5.46. The molecule has 2 aromatic carbocycles. The predicted octanol–water partition coefficient (Wildman–Crippen LogP) is 4.30. The molecule has 0 amide bonds. The molecule has 0 bridgehead atoms. The molecule has 0 aromatic heterocycles. The van der Waals surface area contributed by atoms with Crippen molar-refractivity contribution in [1.29, 1.82) is 0 Å². The molecule has 2 rings (SSSR count). The first-order chi connectivity index (χ1) is 11.0. The van der Waals surface area contributed by atoms with Gasteiger partial charge in [0, 0.05) is 35.4 Å². The quantitative estimate of drug-likeness (QED) is 0.764. The van der Waals surface area contributed by atoms with Crippen molar-refractivity contribution in [2.24, 2.45) is 0 Å². The lowest BCUT2D eigenvalue weighted by atomic mass is 10.2. The van der Waals surface area contributed by atoms with Crippen LogP contribution < -0.4 is 14.8 Å². The van der Waals surface area contributed by atoms with Crippen LogP contribution in [0, 0.1) is 0 Å². The minimum absolute atomic E-state index is 0.632. The van der Waals surface area contributed by atoms with Crippen LogP contribution in [0.25, 0.3) is 0 Å². The van der Waals surface area contributed by atoms with Crippen molar-refractivity contribution < 1.29 is 9.47 Å². The third kappa shape index (κ3) is 4.84. The molecular weight excluding hydrogens is 376 g/mol. The fourth-order valence-electron chi connectivity index (χ4n) is 2.09. The third-order valence-corrected chi connectivity index (χ3v) is 4.23. The van der Waals surface area contributed by atoms with E-state index in [2.05, 4.69) is 21.2 Å². The Labute approximate surface area is 150 Å². The van der Waals surface area contributed by atoms with E-state index in [4.69, 9.17) is 21.7 Å². The Morgan fingerprint density at radius 2 is 1.96 bits per heavy atom. The average molecular weight is 395 g/mol. The third-order valence-electron chi connectivity index (χ3n) is 3.32. The summed E-state index contributed by atoms with van der Waals surface area (Å²) in [7, 11) is 5.23. The van der Waals surface area contributed by atoms with Crippen LogP contribution in [0.3, 0.4) is 0 Å². The molecule has 0 aliphatic carbocycles. The lowest BCUT2D eigenvalue weighted by molar-refractivity contribution is 0.384. The van der Waals surface area contributed by atoms with Crippen molar-refractivity contribution in [2.75, 3.05) is 26.6 Å². The molecule has 4 nitrogen and oxygen atoms in total. The van der Waals surface area contributed by atoms with Gasteiger partial charge in [-0.25, -0.2) is 0 Å². The molecule has 2 aromatic rings. The molecular formula is C17H19BrN2O2S. The maximum Gasteiger partial charge on any atom is 0.173 e. The molecule has 0 saturated heterocycles. The summed E-state index contributed by atoms with van der Waals surface area (Å²) in [4.78, 5) is 1.96. The summed E-state index contributed by atoms with van der Waals surface area (Å²) in [5, 5.41) is 3.86. The zero-order chi connectivity index (χ0) is 16.8. The minimum atomic E-state index is 0.632. The van der Waals surface area contributed by atoms with Crippen LogP contribution in [0.1, 0.15) is 5.56 Å². The van der Waals surface area contributed by atoms with E-state index in [0.717, 1.165) is 27.2 Å². The highest BCUT2D eigenvalue weighted by Crippen LogP contribution is 2.25. The van der Waals surface area contributed by atoms with Crippen LogP contribution in [0.4, 0.5) is 5.69 Å².